The molecule has 2 heterocycles. The number of aromatic nitrogens is 2. The number of hydrogen-bond donors (Lipinski definition) is 1. The van der Waals surface area contributed by atoms with Gasteiger partial charge in [-0.3, -0.25) is 0 Å². The minimum Gasteiger partial charge on any atom is -0.316 e. The molecule has 0 aliphatic heterocycles. The smallest absolute Gasteiger partial charge is 0.188 e. The first-order valence-corrected chi connectivity index (χ1v) is 12.2. The number of rotatable bonds is 8. The van der Waals surface area contributed by atoms with Crippen LogP contribution < -0.4 is 15.9 Å². The Balaban J connectivity index is 1.97. The van der Waals surface area contributed by atoms with Crippen molar-refractivity contribution in [1.29, 1.82) is 0 Å². The maximum atomic E-state index is 14.5. The molecule has 0 fully saturated rings. The predicted octanol–water partition coefficient (Wildman–Crippen LogP) is 4.90. The van der Waals surface area contributed by atoms with Crippen molar-refractivity contribution in [2.24, 2.45) is 0 Å². The van der Waals surface area contributed by atoms with Crippen LogP contribution in [0.1, 0.15) is 17.7 Å². The summed E-state index contributed by atoms with van der Waals surface area (Å²) in [5.41, 5.74) is 1.79. The monoisotopic (exact) mass is 446 g/mol. The fourth-order valence-electron chi connectivity index (χ4n) is 2.94. The van der Waals surface area contributed by atoms with Crippen molar-refractivity contribution in [2.75, 3.05) is 32.6 Å². The summed E-state index contributed by atoms with van der Waals surface area (Å²) in [5.74, 6) is -0.433. The van der Waals surface area contributed by atoms with Gasteiger partial charge in [0.2, 0.25) is 0 Å². The van der Waals surface area contributed by atoms with E-state index in [0.29, 0.717) is 5.82 Å². The summed E-state index contributed by atoms with van der Waals surface area (Å²) in [6.45, 7) is 4.72. The van der Waals surface area contributed by atoms with Gasteiger partial charge in [-0.1, -0.05) is 18.2 Å². The third-order valence-electron chi connectivity index (χ3n) is 4.44. The zero-order chi connectivity index (χ0) is 21.7. The molecule has 1 N–H and O–H groups in total. The summed E-state index contributed by atoms with van der Waals surface area (Å²) in [5, 5.41) is 6.87. The van der Waals surface area contributed by atoms with Crippen molar-refractivity contribution in [2.45, 2.75) is 13.3 Å². The molecule has 4 nitrogen and oxygen atoms in total. The maximum Gasteiger partial charge on any atom is 0.188 e. The summed E-state index contributed by atoms with van der Waals surface area (Å²) in [6.07, 6.45) is 6.68. The molecule has 0 saturated heterocycles. The minimum absolute atomic E-state index is 0.123. The van der Waals surface area contributed by atoms with Crippen LogP contribution in [0.15, 0.2) is 41.9 Å². The molecule has 3 rings (SSSR count). The number of nitrogens with one attached hydrogen (secondary N) is 1. The topological polar surface area (TPSA) is 41.0 Å². The summed E-state index contributed by atoms with van der Waals surface area (Å²) in [4.78, 5) is 11.0. The van der Waals surface area contributed by atoms with E-state index in [1.807, 2.05) is 45.2 Å². The van der Waals surface area contributed by atoms with Gasteiger partial charge in [0.1, 0.15) is 17.5 Å². The Kier molecular flexibility index (Phi) is 7.64. The number of pyridine rings is 1. The number of thiazole rings is 1. The van der Waals surface area contributed by atoms with Crippen molar-refractivity contribution in [1.82, 2.24) is 14.9 Å². The van der Waals surface area contributed by atoms with Gasteiger partial charge in [-0.2, -0.15) is 0 Å². The lowest BCUT2D eigenvalue weighted by atomic mass is 10.2. The van der Waals surface area contributed by atoms with Gasteiger partial charge in [-0.15, -0.1) is 11.3 Å². The van der Waals surface area contributed by atoms with Crippen molar-refractivity contribution in [3.8, 4) is 0 Å². The van der Waals surface area contributed by atoms with Gasteiger partial charge in [-0.05, 0) is 65.5 Å². The Hall–Kier alpha value is -2.21. The zero-order valence-corrected chi connectivity index (χ0v) is 19.2. The molecule has 8 heteroatoms. The molecule has 0 bridgehead atoms. The van der Waals surface area contributed by atoms with E-state index < -0.39 is 19.6 Å². The van der Waals surface area contributed by atoms with Gasteiger partial charge in [-0.25, -0.2) is 18.7 Å². The van der Waals surface area contributed by atoms with E-state index in [4.69, 9.17) is 0 Å². The molecule has 0 radical (unpaired) electrons. The fraction of sp³-hybridized carbons (Fsp3) is 0.273. The van der Waals surface area contributed by atoms with Crippen LogP contribution in [0.2, 0.25) is 0 Å². The third-order valence-corrected chi connectivity index (χ3v) is 7.52. The lowest BCUT2D eigenvalue weighted by Gasteiger charge is -2.18. The van der Waals surface area contributed by atoms with Gasteiger partial charge in [0.05, 0.1) is 11.0 Å². The Labute approximate surface area is 181 Å². The average Bonchev–Trinajstić information content (AvgIpc) is 3.10. The molecule has 1 unspecified atom stereocenters. The number of hydrogen-bond acceptors (Lipinski definition) is 5. The third kappa shape index (κ3) is 5.69. The molecule has 3 aromatic rings. The second-order valence-electron chi connectivity index (χ2n) is 7.17. The summed E-state index contributed by atoms with van der Waals surface area (Å²) < 4.78 is 29.0. The summed E-state index contributed by atoms with van der Waals surface area (Å²) in [6, 6.07) is 5.88. The lowest BCUT2D eigenvalue weighted by Crippen LogP contribution is -2.20. The molecule has 0 spiro atoms. The normalized spacial score (nSPS) is 12.6. The zero-order valence-electron chi connectivity index (χ0n) is 17.5. The molecule has 30 heavy (non-hydrogen) atoms. The first-order chi connectivity index (χ1) is 14.3. The SMILES string of the molecule is Cc1csc(Nc2cc(P(C)c3c(F)cccc3F)c(/C=C/CCN(C)C)cn2)n1. The minimum atomic E-state index is -1.26. The lowest BCUT2D eigenvalue weighted by molar-refractivity contribution is 0.417. The van der Waals surface area contributed by atoms with Crippen LogP contribution in [0.3, 0.4) is 0 Å². The van der Waals surface area contributed by atoms with Gasteiger partial charge >= 0.3 is 0 Å². The standard InChI is InChI=1S/C22H25F2N4PS/c1-15-14-30-22(26-15)27-20-12-19(16(13-25-20)8-5-6-11-28(2)3)29(4)21-17(23)9-7-10-18(21)24/h5,7-10,12-14H,6,11H2,1-4H3,(H,25,26,27)/b8-5+. The van der Waals surface area contributed by atoms with Crippen LogP contribution in [0, 0.1) is 18.6 Å². The van der Waals surface area contributed by atoms with E-state index in [-0.39, 0.29) is 5.30 Å². The van der Waals surface area contributed by atoms with Crippen molar-refractivity contribution in [3.05, 3.63) is 64.8 Å². The van der Waals surface area contributed by atoms with Crippen molar-refractivity contribution < 1.29 is 8.78 Å². The molecule has 2 aromatic heterocycles. The number of benzene rings is 1. The molecular weight excluding hydrogens is 421 g/mol. The molecule has 0 aliphatic carbocycles. The molecule has 0 aliphatic rings. The van der Waals surface area contributed by atoms with Crippen LogP contribution in [0.5, 0.6) is 0 Å². The Bertz CT molecular complexity index is 1020. The van der Waals surface area contributed by atoms with Crippen LogP contribution >= 0.6 is 19.3 Å². The van der Waals surface area contributed by atoms with E-state index >= 15 is 0 Å². The summed E-state index contributed by atoms with van der Waals surface area (Å²) >= 11 is 1.49. The highest BCUT2D eigenvalue weighted by Gasteiger charge is 2.20. The molecule has 0 saturated carbocycles. The predicted molar refractivity (Wildman–Crippen MR) is 125 cm³/mol. The molecule has 158 valence electrons. The average molecular weight is 447 g/mol. The Morgan fingerprint density at radius 2 is 1.97 bits per heavy atom. The molecular formula is C22H25F2N4PS. The number of anilines is 2. The number of halogens is 2. The van der Waals surface area contributed by atoms with Crippen LogP contribution in [-0.2, 0) is 0 Å². The van der Waals surface area contributed by atoms with Gasteiger partial charge in [0, 0.05) is 23.7 Å². The Morgan fingerprint density at radius 1 is 1.23 bits per heavy atom. The molecule has 0 amide bonds. The fourth-order valence-corrected chi connectivity index (χ4v) is 5.50. The van der Waals surface area contributed by atoms with E-state index in [2.05, 4.69) is 26.3 Å². The first kappa shape index (κ1) is 22.5. The highest BCUT2D eigenvalue weighted by Crippen LogP contribution is 2.34. The Morgan fingerprint density at radius 3 is 2.60 bits per heavy atom. The maximum absolute atomic E-state index is 14.5. The van der Waals surface area contributed by atoms with Crippen LogP contribution in [-0.4, -0.2) is 42.2 Å². The quantitative estimate of drug-likeness (QED) is 0.500. The van der Waals surface area contributed by atoms with Crippen molar-refractivity contribution in [3.63, 3.8) is 0 Å². The number of aryl methyl sites for hydroxylation is 1. The first-order valence-electron chi connectivity index (χ1n) is 9.53. The van der Waals surface area contributed by atoms with Gasteiger partial charge < -0.3 is 10.2 Å². The molecule has 1 aromatic carbocycles. The second-order valence-corrected chi connectivity index (χ2v) is 10.1. The van der Waals surface area contributed by atoms with E-state index in [1.165, 1.54) is 29.5 Å². The van der Waals surface area contributed by atoms with E-state index in [0.717, 1.165) is 34.7 Å². The van der Waals surface area contributed by atoms with E-state index in [9.17, 15) is 8.78 Å². The summed E-state index contributed by atoms with van der Waals surface area (Å²) in [7, 11) is 2.78. The van der Waals surface area contributed by atoms with Crippen LogP contribution in [0.25, 0.3) is 6.08 Å². The highest BCUT2D eigenvalue weighted by molar-refractivity contribution is 7.72. The molecule has 1 atom stereocenters. The second kappa shape index (κ2) is 10.2. The number of nitrogens with zero attached hydrogens (tertiary/aromatic N) is 3. The van der Waals surface area contributed by atoms with Gasteiger partial charge in [0.25, 0.3) is 0 Å². The van der Waals surface area contributed by atoms with Gasteiger partial charge in [0.15, 0.2) is 5.13 Å². The van der Waals surface area contributed by atoms with E-state index in [1.54, 1.807) is 6.20 Å². The van der Waals surface area contributed by atoms with Crippen molar-refractivity contribution >= 4 is 46.9 Å². The highest BCUT2D eigenvalue weighted by atomic mass is 32.1. The largest absolute Gasteiger partial charge is 0.316 e. The van der Waals surface area contributed by atoms with Crippen LogP contribution in [0.4, 0.5) is 19.7 Å².